The van der Waals surface area contributed by atoms with Crippen molar-refractivity contribution in [3.8, 4) is 11.5 Å². The summed E-state index contributed by atoms with van der Waals surface area (Å²) >= 11 is 0. The second kappa shape index (κ2) is 5.14. The molecule has 1 aliphatic heterocycles. The van der Waals surface area contributed by atoms with Crippen LogP contribution in [0.2, 0.25) is 0 Å². The molecule has 1 aromatic carbocycles. The van der Waals surface area contributed by atoms with Gasteiger partial charge in [0.1, 0.15) is 5.75 Å². The SMILES string of the molecule is COc1c(C)c(C2CCCN2)c(OC)c(C)c1F. The van der Waals surface area contributed by atoms with E-state index in [2.05, 4.69) is 5.32 Å². The lowest BCUT2D eigenvalue weighted by Crippen LogP contribution is -2.17. The highest BCUT2D eigenvalue weighted by molar-refractivity contribution is 5.55. The van der Waals surface area contributed by atoms with E-state index in [0.717, 1.165) is 30.5 Å². The molecule has 1 fully saturated rings. The van der Waals surface area contributed by atoms with Crippen molar-refractivity contribution in [2.24, 2.45) is 0 Å². The normalized spacial score (nSPS) is 19.1. The predicted molar refractivity (Wildman–Crippen MR) is 69.0 cm³/mol. The van der Waals surface area contributed by atoms with Crippen LogP contribution in [0.5, 0.6) is 11.5 Å². The molecule has 1 saturated heterocycles. The number of rotatable bonds is 3. The topological polar surface area (TPSA) is 30.5 Å². The first-order valence-electron chi connectivity index (χ1n) is 6.25. The van der Waals surface area contributed by atoms with Crippen LogP contribution in [-0.4, -0.2) is 20.8 Å². The van der Waals surface area contributed by atoms with Crippen molar-refractivity contribution in [1.29, 1.82) is 0 Å². The fourth-order valence-corrected chi connectivity index (χ4v) is 2.79. The average Bonchev–Trinajstić information content (AvgIpc) is 2.87. The first kappa shape index (κ1) is 13.1. The van der Waals surface area contributed by atoms with Crippen LogP contribution in [-0.2, 0) is 0 Å². The summed E-state index contributed by atoms with van der Waals surface area (Å²) in [7, 11) is 3.09. The Morgan fingerprint density at radius 1 is 1.11 bits per heavy atom. The second-order valence-electron chi connectivity index (χ2n) is 4.69. The van der Waals surface area contributed by atoms with Crippen LogP contribution in [0.15, 0.2) is 0 Å². The van der Waals surface area contributed by atoms with Crippen molar-refractivity contribution in [3.63, 3.8) is 0 Å². The van der Waals surface area contributed by atoms with Gasteiger partial charge in [-0.3, -0.25) is 0 Å². The largest absolute Gasteiger partial charge is 0.496 e. The zero-order chi connectivity index (χ0) is 13.3. The summed E-state index contributed by atoms with van der Waals surface area (Å²) in [6.07, 6.45) is 2.18. The molecule has 4 heteroatoms. The number of hydrogen-bond acceptors (Lipinski definition) is 3. The van der Waals surface area contributed by atoms with Crippen LogP contribution in [0.25, 0.3) is 0 Å². The molecule has 0 aliphatic carbocycles. The quantitative estimate of drug-likeness (QED) is 0.898. The highest BCUT2D eigenvalue weighted by atomic mass is 19.1. The number of halogens is 1. The summed E-state index contributed by atoms with van der Waals surface area (Å²) in [5.41, 5.74) is 2.38. The van der Waals surface area contributed by atoms with Crippen LogP contribution in [0.4, 0.5) is 4.39 Å². The van der Waals surface area contributed by atoms with Crippen LogP contribution in [0, 0.1) is 19.7 Å². The lowest BCUT2D eigenvalue weighted by Gasteiger charge is -2.22. The van der Waals surface area contributed by atoms with Gasteiger partial charge in [-0.2, -0.15) is 0 Å². The van der Waals surface area contributed by atoms with Crippen molar-refractivity contribution in [2.75, 3.05) is 20.8 Å². The third-order valence-corrected chi connectivity index (χ3v) is 3.68. The van der Waals surface area contributed by atoms with Gasteiger partial charge in [0, 0.05) is 22.7 Å². The van der Waals surface area contributed by atoms with Gasteiger partial charge >= 0.3 is 0 Å². The minimum absolute atomic E-state index is 0.230. The van der Waals surface area contributed by atoms with E-state index in [1.54, 1.807) is 14.0 Å². The van der Waals surface area contributed by atoms with Gasteiger partial charge in [-0.25, -0.2) is 4.39 Å². The Morgan fingerprint density at radius 3 is 2.28 bits per heavy atom. The molecule has 0 saturated carbocycles. The molecule has 100 valence electrons. The van der Waals surface area contributed by atoms with E-state index in [1.165, 1.54) is 7.11 Å². The number of ether oxygens (including phenoxy) is 2. The number of hydrogen-bond donors (Lipinski definition) is 1. The molecule has 1 aliphatic rings. The van der Waals surface area contributed by atoms with E-state index >= 15 is 0 Å². The van der Waals surface area contributed by atoms with Crippen LogP contribution in [0.1, 0.15) is 35.6 Å². The summed E-state index contributed by atoms with van der Waals surface area (Å²) in [4.78, 5) is 0. The average molecular weight is 253 g/mol. The maximum absolute atomic E-state index is 14.2. The molecule has 0 amide bonds. The van der Waals surface area contributed by atoms with Gasteiger partial charge in [-0.15, -0.1) is 0 Å². The number of methoxy groups -OCH3 is 2. The molecule has 1 atom stereocenters. The summed E-state index contributed by atoms with van der Waals surface area (Å²) in [6.45, 7) is 4.61. The third kappa shape index (κ3) is 1.94. The summed E-state index contributed by atoms with van der Waals surface area (Å²) < 4.78 is 24.8. The van der Waals surface area contributed by atoms with Crippen molar-refractivity contribution in [1.82, 2.24) is 5.32 Å². The standard InChI is InChI=1S/C14H20FNO2/c1-8-11(10-6-5-7-16-10)13(17-3)9(2)12(15)14(8)18-4/h10,16H,5-7H2,1-4H3. The molecule has 0 spiro atoms. The molecule has 3 nitrogen and oxygen atoms in total. The Bertz CT molecular complexity index is 454. The molecule has 18 heavy (non-hydrogen) atoms. The molecule has 1 unspecified atom stereocenters. The molecule has 0 aromatic heterocycles. The Hall–Kier alpha value is -1.29. The Kier molecular flexibility index (Phi) is 3.76. The maximum Gasteiger partial charge on any atom is 0.171 e. The van der Waals surface area contributed by atoms with Gasteiger partial charge in [-0.1, -0.05) is 0 Å². The van der Waals surface area contributed by atoms with Crippen LogP contribution >= 0.6 is 0 Å². The van der Waals surface area contributed by atoms with E-state index in [0.29, 0.717) is 17.1 Å². The van der Waals surface area contributed by atoms with E-state index in [-0.39, 0.29) is 11.9 Å². The highest BCUT2D eigenvalue weighted by Crippen LogP contribution is 2.42. The monoisotopic (exact) mass is 253 g/mol. The summed E-state index contributed by atoms with van der Waals surface area (Å²) in [6, 6.07) is 0.230. The van der Waals surface area contributed by atoms with Crippen molar-refractivity contribution >= 4 is 0 Å². The molecular formula is C14H20FNO2. The van der Waals surface area contributed by atoms with Gasteiger partial charge in [-0.05, 0) is 33.2 Å². The summed E-state index contributed by atoms with van der Waals surface area (Å²) in [5.74, 6) is 0.649. The molecule has 1 N–H and O–H groups in total. The van der Waals surface area contributed by atoms with Gasteiger partial charge < -0.3 is 14.8 Å². The lowest BCUT2D eigenvalue weighted by atomic mass is 9.94. The molecular weight excluding hydrogens is 233 g/mol. The first-order valence-corrected chi connectivity index (χ1v) is 6.25. The van der Waals surface area contributed by atoms with E-state index < -0.39 is 0 Å². The molecule has 0 bridgehead atoms. The zero-order valence-electron chi connectivity index (χ0n) is 11.4. The molecule has 1 aromatic rings. The van der Waals surface area contributed by atoms with Crippen molar-refractivity contribution in [3.05, 3.63) is 22.5 Å². The molecule has 1 heterocycles. The Balaban J connectivity index is 2.64. The minimum atomic E-state index is -0.325. The Morgan fingerprint density at radius 2 is 1.78 bits per heavy atom. The molecule has 2 rings (SSSR count). The fraction of sp³-hybridized carbons (Fsp3) is 0.571. The van der Waals surface area contributed by atoms with E-state index in [4.69, 9.17) is 9.47 Å². The molecule has 0 radical (unpaired) electrons. The van der Waals surface area contributed by atoms with Crippen molar-refractivity contribution in [2.45, 2.75) is 32.7 Å². The lowest BCUT2D eigenvalue weighted by molar-refractivity contribution is 0.363. The van der Waals surface area contributed by atoms with Crippen molar-refractivity contribution < 1.29 is 13.9 Å². The van der Waals surface area contributed by atoms with Gasteiger partial charge in [0.2, 0.25) is 0 Å². The highest BCUT2D eigenvalue weighted by Gasteiger charge is 2.28. The van der Waals surface area contributed by atoms with E-state index in [9.17, 15) is 4.39 Å². The van der Waals surface area contributed by atoms with Gasteiger partial charge in [0.15, 0.2) is 11.6 Å². The smallest absolute Gasteiger partial charge is 0.171 e. The number of benzene rings is 1. The minimum Gasteiger partial charge on any atom is -0.496 e. The third-order valence-electron chi connectivity index (χ3n) is 3.68. The van der Waals surface area contributed by atoms with Gasteiger partial charge in [0.25, 0.3) is 0 Å². The maximum atomic E-state index is 14.2. The van der Waals surface area contributed by atoms with E-state index in [1.807, 2.05) is 6.92 Å². The predicted octanol–water partition coefficient (Wildman–Crippen LogP) is 2.88. The number of nitrogens with one attached hydrogen (secondary N) is 1. The second-order valence-corrected chi connectivity index (χ2v) is 4.69. The van der Waals surface area contributed by atoms with Crippen LogP contribution < -0.4 is 14.8 Å². The Labute approximate surface area is 107 Å². The van der Waals surface area contributed by atoms with Crippen LogP contribution in [0.3, 0.4) is 0 Å². The van der Waals surface area contributed by atoms with Gasteiger partial charge in [0.05, 0.1) is 14.2 Å². The summed E-state index contributed by atoms with van der Waals surface area (Å²) in [5, 5.41) is 3.43. The zero-order valence-corrected chi connectivity index (χ0v) is 11.4. The first-order chi connectivity index (χ1) is 8.61. The fourth-order valence-electron chi connectivity index (χ4n) is 2.79.